The Morgan fingerprint density at radius 3 is 2.23 bits per heavy atom. The number of aromatic amines is 1. The number of nitrogens with zero attached hydrogens (tertiary/aromatic N) is 3. The summed E-state index contributed by atoms with van der Waals surface area (Å²) in [6.07, 6.45) is 1.84. The summed E-state index contributed by atoms with van der Waals surface area (Å²) in [6.45, 7) is 4.07. The molecule has 14 nitrogen and oxygen atoms in total. The normalized spacial score (nSPS) is 11.3. The Labute approximate surface area is 252 Å². The van der Waals surface area contributed by atoms with E-state index in [1.165, 1.54) is 9.13 Å². The number of ether oxygens (including phenoxy) is 1. The zero-order valence-corrected chi connectivity index (χ0v) is 24.6. The topological polar surface area (TPSA) is 217 Å². The highest BCUT2D eigenvalue weighted by Gasteiger charge is 2.17. The number of aromatic nitrogens is 4. The zero-order chi connectivity index (χ0) is 32.2. The van der Waals surface area contributed by atoms with Crippen LogP contribution in [0.1, 0.15) is 32.3 Å². The molecule has 44 heavy (non-hydrogen) atoms. The van der Waals surface area contributed by atoms with Gasteiger partial charge in [-0.15, -0.1) is 0 Å². The van der Waals surface area contributed by atoms with Crippen LogP contribution in [0.4, 0.5) is 0 Å². The fraction of sp³-hybridized carbons (Fsp3) is 0.333. The zero-order valence-electron chi connectivity index (χ0n) is 24.6. The fourth-order valence-corrected chi connectivity index (χ4v) is 4.27. The van der Waals surface area contributed by atoms with E-state index >= 15 is 0 Å². The molecule has 0 radical (unpaired) electrons. The Kier molecular flexibility index (Phi) is 12.0. The molecule has 2 aromatic carbocycles. The lowest BCUT2D eigenvalue weighted by molar-refractivity contribution is -0.139. The molecule has 0 saturated carbocycles. The van der Waals surface area contributed by atoms with E-state index in [-0.39, 0.29) is 23.7 Å². The summed E-state index contributed by atoms with van der Waals surface area (Å²) in [4.78, 5) is 65.4. The average molecular weight is 608 g/mol. The molecule has 0 saturated heterocycles. The predicted molar refractivity (Wildman–Crippen MR) is 164 cm³/mol. The number of amides is 2. The van der Waals surface area contributed by atoms with Crippen LogP contribution in [-0.4, -0.2) is 61.2 Å². The van der Waals surface area contributed by atoms with Crippen molar-refractivity contribution in [3.63, 3.8) is 0 Å². The average Bonchev–Trinajstić information content (AvgIpc) is 3.46. The Bertz CT molecular complexity index is 1690. The van der Waals surface area contributed by atoms with Gasteiger partial charge in [0.05, 0.1) is 12.6 Å². The number of nitrogens with one attached hydrogen (secondary N) is 2. The molecule has 0 unspecified atom stereocenters. The maximum Gasteiger partial charge on any atom is 0.341 e. The summed E-state index contributed by atoms with van der Waals surface area (Å²) in [5.74, 6) is -1.15. The van der Waals surface area contributed by atoms with Crippen molar-refractivity contribution in [3.05, 3.63) is 81.0 Å². The first-order valence-electron chi connectivity index (χ1n) is 14.1. The number of rotatable bonds is 13. The van der Waals surface area contributed by atoms with Crippen molar-refractivity contribution in [3.8, 4) is 17.1 Å². The molecule has 7 N–H and O–H groups in total. The Hall–Kier alpha value is -5.24. The number of primary amides is 1. The number of carbonyl (C=O) groups excluding carboxylic acids is 2. The summed E-state index contributed by atoms with van der Waals surface area (Å²) in [7, 11) is 0. The molecule has 0 fully saturated rings. The molecule has 2 amide bonds. The van der Waals surface area contributed by atoms with Gasteiger partial charge < -0.3 is 31.6 Å². The van der Waals surface area contributed by atoms with Gasteiger partial charge in [-0.2, -0.15) is 0 Å². The van der Waals surface area contributed by atoms with Crippen LogP contribution in [-0.2, 0) is 33.9 Å². The summed E-state index contributed by atoms with van der Waals surface area (Å²) in [5.41, 5.74) is 12.1. The van der Waals surface area contributed by atoms with E-state index in [9.17, 15) is 24.0 Å². The molecule has 0 spiro atoms. The van der Waals surface area contributed by atoms with E-state index in [0.717, 1.165) is 12.0 Å². The maximum atomic E-state index is 12.7. The number of hydrogen-bond acceptors (Lipinski definition) is 8. The fourth-order valence-electron chi connectivity index (χ4n) is 4.27. The number of H-pyrrole nitrogens is 1. The summed E-state index contributed by atoms with van der Waals surface area (Å²) < 4.78 is 7.88. The van der Waals surface area contributed by atoms with Crippen molar-refractivity contribution in [2.24, 2.45) is 11.5 Å². The lowest BCUT2D eigenvalue weighted by Crippen LogP contribution is -2.44. The number of imidazole rings is 1. The first-order chi connectivity index (χ1) is 21.0. The van der Waals surface area contributed by atoms with E-state index < -0.39 is 24.5 Å². The Balaban J connectivity index is 0.000000281. The van der Waals surface area contributed by atoms with Crippen LogP contribution >= 0.6 is 0 Å². The summed E-state index contributed by atoms with van der Waals surface area (Å²) >= 11 is 0. The van der Waals surface area contributed by atoms with Crippen LogP contribution in [0, 0.1) is 0 Å². The van der Waals surface area contributed by atoms with Crippen molar-refractivity contribution >= 4 is 28.9 Å². The van der Waals surface area contributed by atoms with Gasteiger partial charge in [0.15, 0.2) is 12.3 Å². The number of aliphatic carboxylic acids is 1. The van der Waals surface area contributed by atoms with Gasteiger partial charge in [-0.25, -0.2) is 14.6 Å². The minimum absolute atomic E-state index is 0.179. The first kappa shape index (κ1) is 33.3. The largest absolute Gasteiger partial charge is 0.482 e. The van der Waals surface area contributed by atoms with Crippen LogP contribution in [0.3, 0.4) is 0 Å². The van der Waals surface area contributed by atoms with Gasteiger partial charge in [0, 0.05) is 18.7 Å². The quantitative estimate of drug-likeness (QED) is 0.146. The SMILES string of the molecule is CCCn1c(=O)c2[nH]c(-c3ccc(OCC(=O)O)cc3)nc2n(CCC)c1=O.NC(=O)CNC(=O)[C@@H](N)Cc1ccccc1. The number of carboxylic acids is 1. The van der Waals surface area contributed by atoms with Crippen molar-refractivity contribution in [1.82, 2.24) is 24.4 Å². The van der Waals surface area contributed by atoms with Gasteiger partial charge in [-0.05, 0) is 49.1 Å². The van der Waals surface area contributed by atoms with Crippen molar-refractivity contribution in [2.45, 2.75) is 52.2 Å². The molecule has 0 aliphatic carbocycles. The van der Waals surface area contributed by atoms with Crippen LogP contribution in [0.15, 0.2) is 64.2 Å². The smallest absolute Gasteiger partial charge is 0.341 e. The van der Waals surface area contributed by atoms with E-state index in [1.807, 2.05) is 44.2 Å². The summed E-state index contributed by atoms with van der Waals surface area (Å²) in [6, 6.07) is 15.4. The highest BCUT2D eigenvalue weighted by atomic mass is 16.5. The minimum Gasteiger partial charge on any atom is -0.482 e. The van der Waals surface area contributed by atoms with Crippen molar-refractivity contribution in [1.29, 1.82) is 0 Å². The Morgan fingerprint density at radius 2 is 1.64 bits per heavy atom. The van der Waals surface area contributed by atoms with Gasteiger partial charge in [0.25, 0.3) is 5.56 Å². The second kappa shape index (κ2) is 15.8. The van der Waals surface area contributed by atoms with E-state index in [1.54, 1.807) is 24.3 Å². The third kappa shape index (κ3) is 8.88. The van der Waals surface area contributed by atoms with Gasteiger partial charge in [0.1, 0.15) is 17.1 Å². The number of carbonyl (C=O) groups is 3. The Morgan fingerprint density at radius 1 is 1.00 bits per heavy atom. The summed E-state index contributed by atoms with van der Waals surface area (Å²) in [5, 5.41) is 11.0. The molecule has 1 atom stereocenters. The molecule has 14 heteroatoms. The highest BCUT2D eigenvalue weighted by molar-refractivity contribution is 5.86. The number of benzene rings is 2. The van der Waals surface area contributed by atoms with Gasteiger partial charge in [-0.1, -0.05) is 44.2 Å². The molecule has 0 aliphatic rings. The van der Waals surface area contributed by atoms with Crippen LogP contribution in [0.5, 0.6) is 5.75 Å². The van der Waals surface area contributed by atoms with E-state index in [2.05, 4.69) is 15.3 Å². The first-order valence-corrected chi connectivity index (χ1v) is 14.1. The second-order valence-electron chi connectivity index (χ2n) is 9.86. The molecular weight excluding hydrogens is 570 g/mol. The van der Waals surface area contributed by atoms with Gasteiger partial charge in [-0.3, -0.25) is 23.5 Å². The molecular formula is C30H37N7O7. The molecule has 2 heterocycles. The number of hydrogen-bond donors (Lipinski definition) is 5. The number of carboxylic acid groups (broad SMARTS) is 1. The third-order valence-electron chi connectivity index (χ3n) is 6.32. The second-order valence-corrected chi connectivity index (χ2v) is 9.86. The van der Waals surface area contributed by atoms with Gasteiger partial charge >= 0.3 is 11.7 Å². The predicted octanol–water partition coefficient (Wildman–Crippen LogP) is 0.995. The van der Waals surface area contributed by atoms with Crippen LogP contribution < -0.4 is 32.8 Å². The third-order valence-corrected chi connectivity index (χ3v) is 6.32. The monoisotopic (exact) mass is 607 g/mol. The van der Waals surface area contributed by atoms with Crippen LogP contribution in [0.2, 0.25) is 0 Å². The molecule has 2 aromatic heterocycles. The number of aryl methyl sites for hydroxylation is 1. The maximum absolute atomic E-state index is 12.7. The van der Waals surface area contributed by atoms with Crippen LogP contribution in [0.25, 0.3) is 22.6 Å². The minimum atomic E-state index is -1.06. The van der Waals surface area contributed by atoms with E-state index in [0.29, 0.717) is 54.2 Å². The standard InChI is InChI=1S/C19H22N4O5.C11H15N3O2/c1-3-9-22-17-15(18(26)23(10-4-2)19(22)27)20-16(21-17)12-5-7-13(8-6-12)28-11-14(24)25;12-9(11(16)14-7-10(13)15)6-8-4-2-1-3-5-8/h5-8H,3-4,9-11H2,1-2H3,(H,20,21)(H,24,25);1-5,9H,6-7,12H2,(H2,13,15)(H,14,16)/t;9-/m.0/s1. The number of nitrogens with two attached hydrogens (primary N) is 2. The van der Waals surface area contributed by atoms with Crippen molar-refractivity contribution in [2.75, 3.05) is 13.2 Å². The molecule has 4 aromatic rings. The number of fused-ring (bicyclic) bond motifs is 1. The lowest BCUT2D eigenvalue weighted by atomic mass is 10.1. The molecule has 0 bridgehead atoms. The molecule has 0 aliphatic heterocycles. The lowest BCUT2D eigenvalue weighted by Gasteiger charge is -2.11. The molecule has 234 valence electrons. The van der Waals surface area contributed by atoms with Crippen molar-refractivity contribution < 1.29 is 24.2 Å². The van der Waals surface area contributed by atoms with Gasteiger partial charge in [0.2, 0.25) is 11.8 Å². The molecule has 4 rings (SSSR count). The van der Waals surface area contributed by atoms with E-state index in [4.69, 9.17) is 21.3 Å². The highest BCUT2D eigenvalue weighted by Crippen LogP contribution is 2.21.